The molecule has 5 nitrogen and oxygen atoms in total. The van der Waals surface area contributed by atoms with Crippen LogP contribution in [0.1, 0.15) is 278 Å². The minimum Gasteiger partial charge on any atom is -0.462 e. The summed E-state index contributed by atoms with van der Waals surface area (Å²) in [6.45, 7) is 7.49. The molecule has 0 amide bonds. The summed E-state index contributed by atoms with van der Waals surface area (Å²) in [6.07, 6.45) is 81.7. The Morgan fingerprint density at radius 3 is 1.07 bits per heavy atom. The molecule has 0 bridgehead atoms. The SMILES string of the molecule is CC/C=C\C/C=C\C/C=C\C/C=C\C/C=C\CCOCC(COC(=O)CCCCCCCCCCC/C=C\C/C=C\CCCCC)OC(=O)CCCCCCCCCCC/C=C\CCCCCCCC. The number of ether oxygens (including phenoxy) is 3. The van der Waals surface area contributed by atoms with Crippen molar-refractivity contribution in [1.29, 1.82) is 0 Å². The summed E-state index contributed by atoms with van der Waals surface area (Å²) in [6, 6.07) is 0. The molecular weight excluding hydrogens is 861 g/mol. The van der Waals surface area contributed by atoms with Crippen LogP contribution >= 0.6 is 0 Å². The number of unbranched alkanes of at least 4 members (excludes halogenated alkanes) is 27. The lowest BCUT2D eigenvalue weighted by Crippen LogP contribution is -2.30. The van der Waals surface area contributed by atoms with Crippen molar-refractivity contribution >= 4 is 11.9 Å². The molecule has 70 heavy (non-hydrogen) atoms. The first kappa shape index (κ1) is 66.8. The molecule has 402 valence electrons. The Morgan fingerprint density at radius 2 is 0.643 bits per heavy atom. The lowest BCUT2D eigenvalue weighted by Gasteiger charge is -2.18. The summed E-state index contributed by atoms with van der Waals surface area (Å²) in [4.78, 5) is 25.6. The fourth-order valence-electron chi connectivity index (χ4n) is 8.19. The lowest BCUT2D eigenvalue weighted by molar-refractivity contribution is -0.162. The quantitative estimate of drug-likeness (QED) is 0.0345. The number of hydrogen-bond donors (Lipinski definition) is 0. The van der Waals surface area contributed by atoms with Crippen molar-refractivity contribution in [2.75, 3.05) is 19.8 Å². The molecule has 0 heterocycles. The third-order valence-electron chi connectivity index (χ3n) is 12.6. The molecule has 0 aromatic heterocycles. The second-order valence-electron chi connectivity index (χ2n) is 19.5. The molecule has 0 fully saturated rings. The maximum absolute atomic E-state index is 12.9. The van der Waals surface area contributed by atoms with Gasteiger partial charge in [-0.1, -0.05) is 253 Å². The van der Waals surface area contributed by atoms with Crippen molar-refractivity contribution in [2.45, 2.75) is 284 Å². The smallest absolute Gasteiger partial charge is 0.306 e. The van der Waals surface area contributed by atoms with Gasteiger partial charge in [0.15, 0.2) is 6.10 Å². The Bertz CT molecular complexity index is 1330. The van der Waals surface area contributed by atoms with Crippen LogP contribution in [0, 0.1) is 0 Å². The van der Waals surface area contributed by atoms with Crippen LogP contribution in [-0.4, -0.2) is 37.9 Å². The molecule has 0 aromatic carbocycles. The van der Waals surface area contributed by atoms with Crippen LogP contribution in [0.25, 0.3) is 0 Å². The molecule has 0 saturated heterocycles. The van der Waals surface area contributed by atoms with Gasteiger partial charge in [-0.2, -0.15) is 0 Å². The highest BCUT2D eigenvalue weighted by Gasteiger charge is 2.17. The Balaban J connectivity index is 4.36. The van der Waals surface area contributed by atoms with E-state index in [1.54, 1.807) is 0 Å². The monoisotopic (exact) mass is 973 g/mol. The standard InChI is InChI=1S/C65H112O5/c1-4-7-10-13-16-19-22-25-28-31-33-35-37-40-43-46-49-52-55-58-64(66)69-62-63(61-68-60-57-54-51-48-45-42-39-30-27-24-21-18-15-12-9-6-3)70-65(67)59-56-53-50-47-44-41-38-36-34-32-29-26-23-20-17-14-11-8-5-2/h9,12,16,18-19,21,25-30,42,45,51,54,63H,4-8,10-11,13-15,17,20,22-24,31-41,43-44,46-50,52-53,55-62H2,1-3H3/b12-9-,19-16-,21-18-,28-25-,29-26-,30-27-,45-42-,54-51-. The van der Waals surface area contributed by atoms with Gasteiger partial charge in [-0.3, -0.25) is 9.59 Å². The zero-order valence-electron chi connectivity index (χ0n) is 46.3. The van der Waals surface area contributed by atoms with Gasteiger partial charge in [-0.05, 0) is 109 Å². The molecule has 1 unspecified atom stereocenters. The molecule has 0 spiro atoms. The Kier molecular flexibility index (Phi) is 57.4. The summed E-state index contributed by atoms with van der Waals surface area (Å²) < 4.78 is 17.4. The number of rotatable bonds is 54. The van der Waals surface area contributed by atoms with Gasteiger partial charge in [0.1, 0.15) is 6.61 Å². The molecule has 0 N–H and O–H groups in total. The third kappa shape index (κ3) is 57.4. The highest BCUT2D eigenvalue weighted by Crippen LogP contribution is 2.15. The molecule has 5 heteroatoms. The number of allylic oxidation sites excluding steroid dienone is 15. The molecule has 0 aliphatic heterocycles. The number of hydrogen-bond acceptors (Lipinski definition) is 5. The average molecular weight is 974 g/mol. The number of carbonyl (C=O) groups is 2. The van der Waals surface area contributed by atoms with Gasteiger partial charge in [0, 0.05) is 12.8 Å². The molecule has 0 aliphatic carbocycles. The van der Waals surface area contributed by atoms with Crippen molar-refractivity contribution in [3.63, 3.8) is 0 Å². The number of carbonyl (C=O) groups excluding carboxylic acids is 2. The third-order valence-corrected chi connectivity index (χ3v) is 12.6. The summed E-state index contributed by atoms with van der Waals surface area (Å²) in [7, 11) is 0. The van der Waals surface area contributed by atoms with Crippen LogP contribution in [0.3, 0.4) is 0 Å². The first-order chi connectivity index (χ1) is 34.6. The molecule has 0 aliphatic rings. The highest BCUT2D eigenvalue weighted by atomic mass is 16.6. The maximum Gasteiger partial charge on any atom is 0.306 e. The van der Waals surface area contributed by atoms with E-state index in [1.807, 2.05) is 0 Å². The zero-order chi connectivity index (χ0) is 50.6. The van der Waals surface area contributed by atoms with Crippen molar-refractivity contribution in [1.82, 2.24) is 0 Å². The van der Waals surface area contributed by atoms with Gasteiger partial charge < -0.3 is 14.2 Å². The predicted octanol–water partition coefficient (Wildman–Crippen LogP) is 20.6. The first-order valence-electron chi connectivity index (χ1n) is 29.8. The van der Waals surface area contributed by atoms with E-state index in [0.29, 0.717) is 19.4 Å². The maximum atomic E-state index is 12.9. The fourth-order valence-corrected chi connectivity index (χ4v) is 8.19. The van der Waals surface area contributed by atoms with E-state index < -0.39 is 6.10 Å². The zero-order valence-corrected chi connectivity index (χ0v) is 46.3. The molecular formula is C65H112O5. The first-order valence-corrected chi connectivity index (χ1v) is 29.8. The van der Waals surface area contributed by atoms with Crippen LogP contribution in [0.2, 0.25) is 0 Å². The fraction of sp³-hybridized carbons (Fsp3) is 0.723. The normalized spacial score (nSPS) is 12.9. The van der Waals surface area contributed by atoms with E-state index in [4.69, 9.17) is 14.2 Å². The summed E-state index contributed by atoms with van der Waals surface area (Å²) in [5, 5.41) is 0. The topological polar surface area (TPSA) is 61.8 Å². The van der Waals surface area contributed by atoms with Crippen molar-refractivity contribution in [3.05, 3.63) is 97.2 Å². The van der Waals surface area contributed by atoms with E-state index in [2.05, 4.69) is 118 Å². The van der Waals surface area contributed by atoms with Crippen LogP contribution in [0.15, 0.2) is 97.2 Å². The molecule has 0 rings (SSSR count). The summed E-state index contributed by atoms with van der Waals surface area (Å²) in [5.74, 6) is -0.440. The van der Waals surface area contributed by atoms with Crippen LogP contribution in [-0.2, 0) is 23.8 Å². The molecule has 0 saturated carbocycles. The summed E-state index contributed by atoms with van der Waals surface area (Å²) >= 11 is 0. The highest BCUT2D eigenvalue weighted by molar-refractivity contribution is 5.70. The van der Waals surface area contributed by atoms with E-state index in [-0.39, 0.29) is 25.2 Å². The minimum absolute atomic E-state index is 0.0493. The molecule has 0 aromatic rings. The Morgan fingerprint density at radius 1 is 0.329 bits per heavy atom. The second kappa shape index (κ2) is 60.1. The predicted molar refractivity (Wildman–Crippen MR) is 306 cm³/mol. The van der Waals surface area contributed by atoms with E-state index in [1.165, 1.54) is 161 Å². The Labute approximate surface area is 434 Å². The average Bonchev–Trinajstić information content (AvgIpc) is 3.36. The van der Waals surface area contributed by atoms with Gasteiger partial charge in [0.2, 0.25) is 0 Å². The van der Waals surface area contributed by atoms with Crippen molar-refractivity contribution in [3.8, 4) is 0 Å². The van der Waals surface area contributed by atoms with Crippen LogP contribution < -0.4 is 0 Å². The van der Waals surface area contributed by atoms with Gasteiger partial charge >= 0.3 is 11.9 Å². The van der Waals surface area contributed by atoms with Gasteiger partial charge in [-0.25, -0.2) is 0 Å². The number of esters is 2. The Hall–Kier alpha value is -3.18. The van der Waals surface area contributed by atoms with Crippen molar-refractivity contribution in [2.24, 2.45) is 0 Å². The van der Waals surface area contributed by atoms with Gasteiger partial charge in [-0.15, -0.1) is 0 Å². The van der Waals surface area contributed by atoms with E-state index >= 15 is 0 Å². The second-order valence-corrected chi connectivity index (χ2v) is 19.5. The van der Waals surface area contributed by atoms with Gasteiger partial charge in [0.05, 0.1) is 13.2 Å². The van der Waals surface area contributed by atoms with Crippen LogP contribution in [0.4, 0.5) is 0 Å². The largest absolute Gasteiger partial charge is 0.462 e. The molecule has 1 atom stereocenters. The van der Waals surface area contributed by atoms with Gasteiger partial charge in [0.25, 0.3) is 0 Å². The van der Waals surface area contributed by atoms with E-state index in [9.17, 15) is 9.59 Å². The lowest BCUT2D eigenvalue weighted by atomic mass is 10.1. The van der Waals surface area contributed by atoms with Crippen LogP contribution in [0.5, 0.6) is 0 Å². The summed E-state index contributed by atoms with van der Waals surface area (Å²) in [5.41, 5.74) is 0. The minimum atomic E-state index is -0.584. The van der Waals surface area contributed by atoms with Crippen molar-refractivity contribution < 1.29 is 23.8 Å². The molecule has 0 radical (unpaired) electrons. The van der Waals surface area contributed by atoms with E-state index in [0.717, 1.165) is 83.5 Å².